The minimum Gasteiger partial charge on any atom is -0.338 e. The Bertz CT molecular complexity index is 485. The first-order valence-corrected chi connectivity index (χ1v) is 7.87. The van der Waals surface area contributed by atoms with E-state index in [0.717, 1.165) is 0 Å². The van der Waals surface area contributed by atoms with Crippen molar-refractivity contribution < 1.29 is 19.1 Å². The van der Waals surface area contributed by atoms with Crippen LogP contribution < -0.4 is 5.32 Å². The zero-order valence-electron chi connectivity index (χ0n) is 9.46. The Morgan fingerprint density at radius 3 is 2.21 bits per heavy atom. The van der Waals surface area contributed by atoms with Gasteiger partial charge >= 0.3 is 7.60 Å². The predicted octanol–water partition coefficient (Wildman–Crippen LogP) is 2.22. The number of carbonyl (C=O) groups is 1. The smallest absolute Gasteiger partial charge is 0.338 e. The molecule has 0 heterocycles. The molecule has 5 nitrogen and oxygen atoms in total. The quantitative estimate of drug-likeness (QED) is 0.576. The molecule has 1 aromatic rings. The van der Waals surface area contributed by atoms with E-state index in [4.69, 9.17) is 44.6 Å². The number of amides is 1. The van der Waals surface area contributed by atoms with Crippen LogP contribution in [-0.2, 0) is 15.8 Å². The van der Waals surface area contributed by atoms with Crippen LogP contribution in [0.1, 0.15) is 5.56 Å². The second kappa shape index (κ2) is 6.44. The van der Waals surface area contributed by atoms with Gasteiger partial charge in [-0.1, -0.05) is 65.1 Å². The first-order valence-electron chi connectivity index (χ1n) is 5.06. The van der Waals surface area contributed by atoms with Crippen LogP contribution in [-0.4, -0.2) is 25.3 Å². The lowest BCUT2D eigenvalue weighted by Crippen LogP contribution is -2.44. The summed E-state index contributed by atoms with van der Waals surface area (Å²) in [5, 5.41) is 2.05. The maximum Gasteiger partial charge on any atom is 0.352 e. The van der Waals surface area contributed by atoms with Gasteiger partial charge in [0.1, 0.15) is 0 Å². The van der Waals surface area contributed by atoms with Gasteiger partial charge in [0, 0.05) is 0 Å². The summed E-state index contributed by atoms with van der Waals surface area (Å²) in [5.41, 5.74) is 0.675. The van der Waals surface area contributed by atoms with Crippen molar-refractivity contribution in [3.63, 3.8) is 0 Å². The van der Waals surface area contributed by atoms with Gasteiger partial charge in [0.05, 0.1) is 6.42 Å². The third-order valence-electron chi connectivity index (χ3n) is 2.15. The van der Waals surface area contributed by atoms with Crippen LogP contribution in [0.5, 0.6) is 0 Å². The van der Waals surface area contributed by atoms with Gasteiger partial charge in [-0.05, 0) is 5.56 Å². The lowest BCUT2D eigenvalue weighted by molar-refractivity contribution is -0.120. The molecule has 0 aliphatic heterocycles. The van der Waals surface area contributed by atoms with Crippen molar-refractivity contribution in [3.8, 4) is 0 Å². The van der Waals surface area contributed by atoms with Gasteiger partial charge in [-0.15, -0.1) is 0 Å². The highest BCUT2D eigenvalue weighted by molar-refractivity contribution is 7.53. The summed E-state index contributed by atoms with van der Waals surface area (Å²) in [6, 6.07) is 8.64. The zero-order chi connectivity index (χ0) is 14.7. The number of alkyl halides is 3. The highest BCUT2D eigenvalue weighted by Gasteiger charge is 2.46. The number of hydrogen-bond donors (Lipinski definition) is 3. The molecule has 1 amide bonds. The normalized spacial score (nSPS) is 13.9. The standard InChI is InChI=1S/C10H11Cl3NO4P/c11-10(12,13)9(19(16,17)18)14-8(15)6-7-4-2-1-3-5-7/h1-5,9H,6H2,(H,14,15)(H2,16,17,18)/t9-/m0/s1. The Hall–Kier alpha value is -0.290. The summed E-state index contributed by atoms with van der Waals surface area (Å²) >= 11 is 16.4. The van der Waals surface area contributed by atoms with Gasteiger partial charge in [-0.3, -0.25) is 9.36 Å². The summed E-state index contributed by atoms with van der Waals surface area (Å²) < 4.78 is 8.89. The molecule has 0 aromatic heterocycles. The fourth-order valence-corrected chi connectivity index (χ4v) is 3.34. The average Bonchev–Trinajstić information content (AvgIpc) is 2.24. The largest absolute Gasteiger partial charge is 0.352 e. The highest BCUT2D eigenvalue weighted by atomic mass is 35.6. The van der Waals surface area contributed by atoms with Crippen molar-refractivity contribution in [1.82, 2.24) is 5.32 Å². The van der Waals surface area contributed by atoms with Crippen molar-refractivity contribution in [2.75, 3.05) is 0 Å². The van der Waals surface area contributed by atoms with Crippen LogP contribution in [0.4, 0.5) is 0 Å². The summed E-state index contributed by atoms with van der Waals surface area (Å²) in [7, 11) is -4.78. The highest BCUT2D eigenvalue weighted by Crippen LogP contribution is 2.50. The van der Waals surface area contributed by atoms with Crippen molar-refractivity contribution in [2.24, 2.45) is 0 Å². The first-order chi connectivity index (χ1) is 8.60. The molecule has 0 aliphatic rings. The lowest BCUT2D eigenvalue weighted by Gasteiger charge is -2.26. The molecule has 0 fully saturated rings. The van der Waals surface area contributed by atoms with E-state index >= 15 is 0 Å². The minimum atomic E-state index is -4.78. The molecule has 106 valence electrons. The fourth-order valence-electron chi connectivity index (χ4n) is 1.34. The number of nitrogens with one attached hydrogen (secondary N) is 1. The molecule has 0 saturated heterocycles. The van der Waals surface area contributed by atoms with Gasteiger partial charge < -0.3 is 15.1 Å². The zero-order valence-corrected chi connectivity index (χ0v) is 12.6. The Balaban J connectivity index is 2.76. The summed E-state index contributed by atoms with van der Waals surface area (Å²) in [6.45, 7) is 0. The van der Waals surface area contributed by atoms with E-state index in [1.807, 2.05) is 5.32 Å². The maximum atomic E-state index is 11.7. The first kappa shape index (κ1) is 16.8. The molecule has 19 heavy (non-hydrogen) atoms. The van der Waals surface area contributed by atoms with E-state index in [1.165, 1.54) is 0 Å². The SMILES string of the molecule is O=C(Cc1ccccc1)N[C@H](C(Cl)(Cl)Cl)P(=O)(O)O. The molecule has 3 N–H and O–H groups in total. The van der Waals surface area contributed by atoms with Gasteiger partial charge in [0.15, 0.2) is 5.78 Å². The van der Waals surface area contributed by atoms with E-state index in [0.29, 0.717) is 5.56 Å². The number of halogens is 3. The number of hydrogen-bond acceptors (Lipinski definition) is 2. The van der Waals surface area contributed by atoms with Gasteiger partial charge in [0.2, 0.25) is 9.70 Å². The molecule has 0 radical (unpaired) electrons. The fraction of sp³-hybridized carbons (Fsp3) is 0.300. The third kappa shape index (κ3) is 5.69. The molecule has 0 bridgehead atoms. The van der Waals surface area contributed by atoms with Crippen LogP contribution in [0.15, 0.2) is 30.3 Å². The molecular weight excluding hydrogens is 335 g/mol. The molecule has 1 aromatic carbocycles. The van der Waals surface area contributed by atoms with Crippen LogP contribution in [0.3, 0.4) is 0 Å². The molecule has 0 spiro atoms. The minimum absolute atomic E-state index is 0.0713. The monoisotopic (exact) mass is 345 g/mol. The molecule has 0 saturated carbocycles. The molecular formula is C10H11Cl3NO4P. The summed E-state index contributed by atoms with van der Waals surface area (Å²) in [6.07, 6.45) is -0.0713. The predicted molar refractivity (Wildman–Crippen MR) is 74.4 cm³/mol. The average molecular weight is 347 g/mol. The van der Waals surface area contributed by atoms with Crippen molar-refractivity contribution in [1.29, 1.82) is 0 Å². The van der Waals surface area contributed by atoms with Crippen molar-refractivity contribution in [2.45, 2.75) is 16.0 Å². The van der Waals surface area contributed by atoms with E-state index in [9.17, 15) is 9.36 Å². The Morgan fingerprint density at radius 1 is 1.26 bits per heavy atom. The second-order valence-electron chi connectivity index (χ2n) is 3.76. The van der Waals surface area contributed by atoms with E-state index in [-0.39, 0.29) is 6.42 Å². The van der Waals surface area contributed by atoms with E-state index < -0.39 is 23.1 Å². The van der Waals surface area contributed by atoms with Crippen LogP contribution in [0, 0.1) is 0 Å². The molecule has 0 unspecified atom stereocenters. The number of rotatable bonds is 4. The van der Waals surface area contributed by atoms with Crippen LogP contribution in [0.2, 0.25) is 0 Å². The summed E-state index contributed by atoms with van der Waals surface area (Å²) in [5.74, 6) is -2.54. The lowest BCUT2D eigenvalue weighted by atomic mass is 10.1. The van der Waals surface area contributed by atoms with Gasteiger partial charge in [-0.25, -0.2) is 0 Å². The van der Waals surface area contributed by atoms with E-state index in [1.54, 1.807) is 30.3 Å². The van der Waals surface area contributed by atoms with Crippen molar-refractivity contribution >= 4 is 48.3 Å². The van der Waals surface area contributed by atoms with Crippen LogP contribution in [0.25, 0.3) is 0 Å². The Morgan fingerprint density at radius 2 is 1.79 bits per heavy atom. The molecule has 9 heteroatoms. The number of benzene rings is 1. The van der Waals surface area contributed by atoms with Gasteiger partial charge in [-0.2, -0.15) is 0 Å². The topological polar surface area (TPSA) is 86.6 Å². The van der Waals surface area contributed by atoms with Crippen molar-refractivity contribution in [3.05, 3.63) is 35.9 Å². The molecule has 1 atom stereocenters. The third-order valence-corrected chi connectivity index (χ3v) is 4.45. The molecule has 1 rings (SSSR count). The Labute approximate surface area is 125 Å². The number of carbonyl (C=O) groups excluding carboxylic acids is 1. The summed E-state index contributed by atoms with van der Waals surface area (Å²) in [4.78, 5) is 29.8. The van der Waals surface area contributed by atoms with Gasteiger partial charge in [0.25, 0.3) is 0 Å². The second-order valence-corrected chi connectivity index (χ2v) is 7.83. The van der Waals surface area contributed by atoms with E-state index in [2.05, 4.69) is 0 Å². The maximum absolute atomic E-state index is 11.7. The Kier molecular flexibility index (Phi) is 5.68. The molecule has 0 aliphatic carbocycles. The van der Waals surface area contributed by atoms with Crippen LogP contribution >= 0.6 is 42.4 Å².